The maximum absolute atomic E-state index is 12.0. The van der Waals surface area contributed by atoms with Crippen LogP contribution in [0.15, 0.2) is 23.0 Å². The molecule has 1 heterocycles. The molecule has 1 amide bonds. The lowest BCUT2D eigenvalue weighted by Gasteiger charge is -2.08. The van der Waals surface area contributed by atoms with Gasteiger partial charge >= 0.3 is 0 Å². The lowest BCUT2D eigenvalue weighted by atomic mass is 10.1. The Morgan fingerprint density at radius 2 is 2.05 bits per heavy atom. The Hall–Kier alpha value is -1.85. The molecule has 22 heavy (non-hydrogen) atoms. The van der Waals surface area contributed by atoms with Crippen LogP contribution in [0.25, 0.3) is 0 Å². The number of aryl methyl sites for hydroxylation is 2. The van der Waals surface area contributed by atoms with E-state index in [-0.39, 0.29) is 24.4 Å². The van der Waals surface area contributed by atoms with E-state index in [1.165, 1.54) is 0 Å². The van der Waals surface area contributed by atoms with Crippen molar-refractivity contribution in [2.75, 3.05) is 0 Å². The molecule has 2 N–H and O–H groups in total. The smallest absolute Gasteiger partial charge is 0.254 e. The maximum Gasteiger partial charge on any atom is 0.254 e. The van der Waals surface area contributed by atoms with Crippen molar-refractivity contribution < 1.29 is 4.79 Å². The monoisotopic (exact) mass is 339 g/mol. The molecule has 0 saturated heterocycles. The van der Waals surface area contributed by atoms with Crippen LogP contribution < -0.4 is 10.9 Å². The summed E-state index contributed by atoms with van der Waals surface area (Å²) in [5.41, 5.74) is 1.39. The molecule has 2 rings (SSSR count). The summed E-state index contributed by atoms with van der Waals surface area (Å²) in [4.78, 5) is 30.6. The van der Waals surface area contributed by atoms with Crippen LogP contribution in [-0.2, 0) is 17.8 Å². The van der Waals surface area contributed by atoms with Gasteiger partial charge in [0.1, 0.15) is 5.82 Å². The molecule has 5 nitrogen and oxygen atoms in total. The summed E-state index contributed by atoms with van der Waals surface area (Å²) in [7, 11) is 0. The third-order valence-electron chi connectivity index (χ3n) is 3.17. The molecule has 0 atom stereocenters. The number of carbonyl (C=O) groups is 1. The lowest BCUT2D eigenvalue weighted by molar-refractivity contribution is -0.120. The van der Waals surface area contributed by atoms with Gasteiger partial charge in [-0.3, -0.25) is 9.59 Å². The minimum Gasteiger partial charge on any atom is -0.352 e. The van der Waals surface area contributed by atoms with Crippen LogP contribution in [0.3, 0.4) is 0 Å². The molecule has 0 saturated carbocycles. The minimum absolute atomic E-state index is 0.0281. The molecule has 2 aromatic rings. The zero-order valence-electron chi connectivity index (χ0n) is 12.2. The van der Waals surface area contributed by atoms with Gasteiger partial charge in [0.2, 0.25) is 5.91 Å². The molecule has 0 fully saturated rings. The SMILES string of the molecule is Cc1nc(C)c(CC(=O)NCc2ccc(Cl)cc2Cl)c(=O)[nH]1. The Bertz CT molecular complexity index is 772. The molecule has 0 bridgehead atoms. The highest BCUT2D eigenvalue weighted by Crippen LogP contribution is 2.20. The van der Waals surface area contributed by atoms with Gasteiger partial charge in [0, 0.05) is 27.8 Å². The molecule has 0 aliphatic heterocycles. The van der Waals surface area contributed by atoms with Gasteiger partial charge < -0.3 is 10.3 Å². The van der Waals surface area contributed by atoms with Gasteiger partial charge in [-0.25, -0.2) is 4.98 Å². The highest BCUT2D eigenvalue weighted by molar-refractivity contribution is 6.35. The topological polar surface area (TPSA) is 74.8 Å². The van der Waals surface area contributed by atoms with Crippen molar-refractivity contribution in [2.24, 2.45) is 0 Å². The van der Waals surface area contributed by atoms with Gasteiger partial charge in [-0.15, -0.1) is 0 Å². The van der Waals surface area contributed by atoms with E-state index in [4.69, 9.17) is 23.2 Å². The van der Waals surface area contributed by atoms with Crippen molar-refractivity contribution in [3.05, 3.63) is 61.2 Å². The number of nitrogens with zero attached hydrogens (tertiary/aromatic N) is 1. The third kappa shape index (κ3) is 4.08. The number of aromatic amines is 1. The minimum atomic E-state index is -0.287. The van der Waals surface area contributed by atoms with Gasteiger partial charge in [-0.2, -0.15) is 0 Å². The summed E-state index contributed by atoms with van der Waals surface area (Å²) in [5.74, 6) is 0.255. The fourth-order valence-electron chi connectivity index (χ4n) is 2.04. The first-order chi connectivity index (χ1) is 10.4. The molecule has 1 aromatic heterocycles. The van der Waals surface area contributed by atoms with Crippen molar-refractivity contribution in [3.63, 3.8) is 0 Å². The molecule has 7 heteroatoms. The Kier molecular flexibility index (Phi) is 5.21. The first-order valence-electron chi connectivity index (χ1n) is 6.64. The van der Waals surface area contributed by atoms with Gasteiger partial charge in [-0.05, 0) is 31.5 Å². The van der Waals surface area contributed by atoms with Crippen LogP contribution in [0.4, 0.5) is 0 Å². The molecule has 116 valence electrons. The summed E-state index contributed by atoms with van der Waals surface area (Å²) in [6.07, 6.45) is -0.0281. The molecule has 0 unspecified atom stereocenters. The molecule has 1 aromatic carbocycles. The van der Waals surface area contributed by atoms with Crippen molar-refractivity contribution in [1.29, 1.82) is 0 Å². The molecule has 0 radical (unpaired) electrons. The van der Waals surface area contributed by atoms with E-state index < -0.39 is 0 Å². The Morgan fingerprint density at radius 1 is 1.32 bits per heavy atom. The van der Waals surface area contributed by atoms with Gasteiger partial charge in [-0.1, -0.05) is 29.3 Å². The van der Waals surface area contributed by atoms with Crippen molar-refractivity contribution in [1.82, 2.24) is 15.3 Å². The first kappa shape index (κ1) is 16.5. The fourth-order valence-corrected chi connectivity index (χ4v) is 2.52. The van der Waals surface area contributed by atoms with Crippen LogP contribution in [0.1, 0.15) is 22.6 Å². The summed E-state index contributed by atoms with van der Waals surface area (Å²) >= 11 is 11.9. The van der Waals surface area contributed by atoms with Crippen molar-refractivity contribution in [3.8, 4) is 0 Å². The molecule has 0 aliphatic carbocycles. The predicted octanol–water partition coefficient (Wildman–Crippen LogP) is 2.55. The lowest BCUT2D eigenvalue weighted by Crippen LogP contribution is -2.29. The Balaban J connectivity index is 2.03. The van der Waals surface area contributed by atoms with E-state index in [1.807, 2.05) is 0 Å². The Morgan fingerprint density at radius 3 is 2.68 bits per heavy atom. The van der Waals surface area contributed by atoms with Crippen LogP contribution in [0, 0.1) is 13.8 Å². The Labute approximate surface area is 137 Å². The summed E-state index contributed by atoms with van der Waals surface area (Å²) in [5, 5.41) is 3.75. The van der Waals surface area contributed by atoms with Crippen LogP contribution in [-0.4, -0.2) is 15.9 Å². The third-order valence-corrected chi connectivity index (χ3v) is 3.76. The quantitative estimate of drug-likeness (QED) is 0.898. The number of rotatable bonds is 4. The van der Waals surface area contributed by atoms with E-state index in [2.05, 4.69) is 15.3 Å². The molecular formula is C15H15Cl2N3O2. The second-order valence-electron chi connectivity index (χ2n) is 4.90. The standard InChI is InChI=1S/C15H15Cl2N3O2/c1-8-12(15(22)20-9(2)19-8)6-14(21)18-7-10-3-4-11(16)5-13(10)17/h3-5H,6-7H2,1-2H3,(H,18,21)(H,19,20,22). The van der Waals surface area contributed by atoms with Crippen molar-refractivity contribution >= 4 is 29.1 Å². The van der Waals surface area contributed by atoms with Crippen molar-refractivity contribution in [2.45, 2.75) is 26.8 Å². The number of hydrogen-bond donors (Lipinski definition) is 2. The molecule has 0 aliphatic rings. The van der Waals surface area contributed by atoms with Gasteiger partial charge in [0.05, 0.1) is 6.42 Å². The average molecular weight is 340 g/mol. The van der Waals surface area contributed by atoms with Gasteiger partial charge in [0.25, 0.3) is 5.56 Å². The van der Waals surface area contributed by atoms with Gasteiger partial charge in [0.15, 0.2) is 0 Å². The van der Waals surface area contributed by atoms with Crippen LogP contribution in [0.2, 0.25) is 10.0 Å². The molecule has 0 spiro atoms. The summed E-state index contributed by atoms with van der Waals surface area (Å²) < 4.78 is 0. The largest absolute Gasteiger partial charge is 0.352 e. The van der Waals surface area contributed by atoms with E-state index in [1.54, 1.807) is 32.0 Å². The van der Waals surface area contributed by atoms with E-state index >= 15 is 0 Å². The highest BCUT2D eigenvalue weighted by Gasteiger charge is 2.12. The number of halogens is 2. The number of nitrogens with one attached hydrogen (secondary N) is 2. The highest BCUT2D eigenvalue weighted by atomic mass is 35.5. The normalized spacial score (nSPS) is 10.5. The second kappa shape index (κ2) is 6.94. The zero-order valence-corrected chi connectivity index (χ0v) is 13.7. The first-order valence-corrected chi connectivity index (χ1v) is 7.39. The number of benzene rings is 1. The second-order valence-corrected chi connectivity index (χ2v) is 5.75. The summed E-state index contributed by atoms with van der Waals surface area (Å²) in [6, 6.07) is 5.06. The van der Waals surface area contributed by atoms with E-state index in [9.17, 15) is 9.59 Å². The van der Waals surface area contributed by atoms with Crippen LogP contribution >= 0.6 is 23.2 Å². The number of amides is 1. The van der Waals surface area contributed by atoms with E-state index in [0.717, 1.165) is 5.56 Å². The maximum atomic E-state index is 12.0. The van der Waals surface area contributed by atoms with Crippen LogP contribution in [0.5, 0.6) is 0 Å². The number of aromatic nitrogens is 2. The molecular weight excluding hydrogens is 325 g/mol. The summed E-state index contributed by atoms with van der Waals surface area (Å²) in [6.45, 7) is 3.67. The predicted molar refractivity (Wildman–Crippen MR) is 86.3 cm³/mol. The average Bonchev–Trinajstić information content (AvgIpc) is 2.42. The van der Waals surface area contributed by atoms with E-state index in [0.29, 0.717) is 27.1 Å². The number of carbonyl (C=O) groups excluding carboxylic acids is 1. The fraction of sp³-hybridized carbons (Fsp3) is 0.267. The number of H-pyrrole nitrogens is 1. The zero-order chi connectivity index (χ0) is 16.3. The number of hydrogen-bond acceptors (Lipinski definition) is 3.